The molecule has 102 valence electrons. The molecular weight excluding hydrogens is 291 g/mol. The van der Waals surface area contributed by atoms with Crippen LogP contribution in [-0.4, -0.2) is 18.4 Å². The summed E-state index contributed by atoms with van der Waals surface area (Å²) in [5, 5.41) is 7.93. The third-order valence-electron chi connectivity index (χ3n) is 2.17. The Morgan fingerprint density at radius 1 is 0.850 bits per heavy atom. The smallest absolute Gasteiger partial charge is 1.00 e. The molecule has 8 heteroatoms. The zero-order valence-electron chi connectivity index (χ0n) is 11.8. The molecule has 0 aliphatic rings. The maximum absolute atomic E-state index is 10.8. The van der Waals surface area contributed by atoms with E-state index in [1.807, 2.05) is 18.2 Å². The largest absolute Gasteiger partial charge is 1.00 e. The molecule has 0 saturated carbocycles. The monoisotopic (exact) mass is 304 g/mol. The molecule has 0 amide bonds. The summed E-state index contributed by atoms with van der Waals surface area (Å²) in [5.74, 6) is 0. The molecule has 0 atom stereocenters. The third kappa shape index (κ3) is 5.49. The molecular formula is C12H13N2NaO4S. The van der Waals surface area contributed by atoms with Crippen LogP contribution in [0.1, 0.15) is 1.43 Å². The number of azo groups is 1. The van der Waals surface area contributed by atoms with E-state index in [1.165, 1.54) is 24.3 Å². The maximum Gasteiger partial charge on any atom is 1.00 e. The number of hydrogen-bond acceptors (Lipinski definition) is 4. The minimum Gasteiger partial charge on any atom is -1.00 e. The van der Waals surface area contributed by atoms with Crippen molar-refractivity contribution in [2.24, 2.45) is 10.2 Å². The van der Waals surface area contributed by atoms with Gasteiger partial charge in [0.25, 0.3) is 10.1 Å². The van der Waals surface area contributed by atoms with Gasteiger partial charge in [0.1, 0.15) is 0 Å². The van der Waals surface area contributed by atoms with Gasteiger partial charge in [-0.25, -0.2) is 0 Å². The van der Waals surface area contributed by atoms with E-state index in [2.05, 4.69) is 10.2 Å². The molecule has 0 aliphatic carbocycles. The first-order valence-electron chi connectivity index (χ1n) is 5.10. The van der Waals surface area contributed by atoms with Gasteiger partial charge in [-0.05, 0) is 36.4 Å². The predicted octanol–water partition coefficient (Wildman–Crippen LogP) is -0.360. The summed E-state index contributed by atoms with van der Waals surface area (Å²) in [7, 11) is -4.16. The molecule has 6 nitrogen and oxygen atoms in total. The topological polar surface area (TPSA) is 111 Å². The van der Waals surface area contributed by atoms with Crippen molar-refractivity contribution in [3.63, 3.8) is 0 Å². The first-order valence-corrected chi connectivity index (χ1v) is 6.54. The van der Waals surface area contributed by atoms with E-state index in [9.17, 15) is 8.42 Å². The molecule has 2 rings (SSSR count). The van der Waals surface area contributed by atoms with Crippen LogP contribution in [0.4, 0.5) is 11.4 Å². The van der Waals surface area contributed by atoms with Crippen LogP contribution in [-0.2, 0) is 10.1 Å². The van der Waals surface area contributed by atoms with Gasteiger partial charge in [-0.3, -0.25) is 4.55 Å². The Morgan fingerprint density at radius 3 is 1.75 bits per heavy atom. The van der Waals surface area contributed by atoms with Crippen molar-refractivity contribution in [3.8, 4) is 0 Å². The van der Waals surface area contributed by atoms with Gasteiger partial charge in [0.2, 0.25) is 0 Å². The summed E-state index contributed by atoms with van der Waals surface area (Å²) in [6.07, 6.45) is 0. The van der Waals surface area contributed by atoms with Gasteiger partial charge in [-0.15, -0.1) is 0 Å². The SMILES string of the molecule is O.O=S(=O)(O)c1ccc(N=Nc2ccccc2)cc1.[H-].[Na+]. The van der Waals surface area contributed by atoms with Crippen LogP contribution in [0.3, 0.4) is 0 Å². The maximum atomic E-state index is 10.8. The molecule has 0 radical (unpaired) electrons. The zero-order valence-corrected chi connectivity index (χ0v) is 13.6. The second-order valence-corrected chi connectivity index (χ2v) is 4.93. The number of hydrogen-bond donors (Lipinski definition) is 1. The summed E-state index contributed by atoms with van der Waals surface area (Å²) >= 11 is 0. The van der Waals surface area contributed by atoms with Crippen molar-refractivity contribution >= 4 is 21.5 Å². The van der Waals surface area contributed by atoms with E-state index >= 15 is 0 Å². The molecule has 0 unspecified atom stereocenters. The summed E-state index contributed by atoms with van der Waals surface area (Å²) in [4.78, 5) is -0.166. The predicted molar refractivity (Wildman–Crippen MR) is 71.6 cm³/mol. The molecule has 3 N–H and O–H groups in total. The number of nitrogens with zero attached hydrogens (tertiary/aromatic N) is 2. The quantitative estimate of drug-likeness (QED) is 0.475. The van der Waals surface area contributed by atoms with Gasteiger partial charge in [0.15, 0.2) is 0 Å². The standard InChI is InChI=1S/C12H10N2O3S.Na.H2O.H/c15-18(16,17)12-8-6-11(7-9-12)14-13-10-4-2-1-3-5-10;;;/h1-9H,(H,15,16,17);;1H2;/q;+1;;-1. The first kappa shape index (κ1) is 18.9. The third-order valence-corrected chi connectivity index (χ3v) is 3.04. The summed E-state index contributed by atoms with van der Waals surface area (Å²) in [5.41, 5.74) is 1.21. The van der Waals surface area contributed by atoms with Crippen LogP contribution >= 0.6 is 0 Å². The zero-order chi connectivity index (χ0) is 13.0. The summed E-state index contributed by atoms with van der Waals surface area (Å²) in [6.45, 7) is 0. The molecule has 2 aromatic carbocycles. The Labute approximate surface area is 140 Å². The van der Waals surface area contributed by atoms with Crippen molar-refractivity contribution < 1.29 is 49.4 Å². The van der Waals surface area contributed by atoms with E-state index < -0.39 is 10.1 Å². The molecule has 0 saturated heterocycles. The second-order valence-electron chi connectivity index (χ2n) is 3.50. The fraction of sp³-hybridized carbons (Fsp3) is 0. The Morgan fingerprint density at radius 2 is 1.30 bits per heavy atom. The van der Waals surface area contributed by atoms with Gasteiger partial charge in [0, 0.05) is 0 Å². The average molecular weight is 304 g/mol. The van der Waals surface area contributed by atoms with E-state index in [0.29, 0.717) is 11.4 Å². The Hall–Kier alpha value is -1.09. The van der Waals surface area contributed by atoms with Gasteiger partial charge in [-0.2, -0.15) is 18.6 Å². The van der Waals surface area contributed by atoms with Gasteiger partial charge in [0.05, 0.1) is 16.3 Å². The van der Waals surface area contributed by atoms with Gasteiger partial charge >= 0.3 is 29.6 Å². The second kappa shape index (κ2) is 8.25. The molecule has 0 aliphatic heterocycles. The van der Waals surface area contributed by atoms with Crippen molar-refractivity contribution in [1.82, 2.24) is 0 Å². The fourth-order valence-corrected chi connectivity index (χ4v) is 1.77. The minimum atomic E-state index is -4.16. The van der Waals surface area contributed by atoms with Crippen LogP contribution < -0.4 is 29.6 Å². The molecule has 0 heterocycles. The van der Waals surface area contributed by atoms with Crippen molar-refractivity contribution in [2.45, 2.75) is 4.90 Å². The Balaban J connectivity index is 0. The van der Waals surface area contributed by atoms with Crippen LogP contribution in [0, 0.1) is 0 Å². The van der Waals surface area contributed by atoms with Crippen LogP contribution in [0.5, 0.6) is 0 Å². The van der Waals surface area contributed by atoms with E-state index in [0.717, 1.165) is 0 Å². The van der Waals surface area contributed by atoms with Crippen LogP contribution in [0.2, 0.25) is 0 Å². The van der Waals surface area contributed by atoms with Crippen molar-refractivity contribution in [2.75, 3.05) is 0 Å². The van der Waals surface area contributed by atoms with Crippen molar-refractivity contribution in [1.29, 1.82) is 0 Å². The normalized spacial score (nSPS) is 10.7. The first-order chi connectivity index (χ1) is 8.55. The van der Waals surface area contributed by atoms with Crippen LogP contribution in [0.25, 0.3) is 0 Å². The van der Waals surface area contributed by atoms with Gasteiger partial charge in [-0.1, -0.05) is 18.2 Å². The van der Waals surface area contributed by atoms with E-state index in [-0.39, 0.29) is 41.4 Å². The fourth-order valence-electron chi connectivity index (χ4n) is 1.29. The van der Waals surface area contributed by atoms with Crippen LogP contribution in [0.15, 0.2) is 69.7 Å². The molecule has 20 heavy (non-hydrogen) atoms. The number of benzene rings is 2. The molecule has 0 spiro atoms. The average Bonchev–Trinajstić information content (AvgIpc) is 2.37. The van der Waals surface area contributed by atoms with Crippen molar-refractivity contribution in [3.05, 3.63) is 54.6 Å². The molecule has 0 bridgehead atoms. The Kier molecular flexibility index (Phi) is 7.80. The molecule has 2 aromatic rings. The van der Waals surface area contributed by atoms with Gasteiger partial charge < -0.3 is 6.90 Å². The summed E-state index contributed by atoms with van der Waals surface area (Å²) < 4.78 is 30.5. The molecule has 0 fully saturated rings. The Bertz CT molecular complexity index is 663. The molecule has 0 aromatic heterocycles. The minimum absolute atomic E-state index is 0. The van der Waals surface area contributed by atoms with E-state index in [1.54, 1.807) is 12.1 Å². The summed E-state index contributed by atoms with van der Waals surface area (Å²) in [6, 6.07) is 14.6. The number of rotatable bonds is 3. The van der Waals surface area contributed by atoms with E-state index in [4.69, 9.17) is 4.55 Å².